The van der Waals surface area contributed by atoms with Gasteiger partial charge in [0, 0.05) is 19.1 Å². The molecule has 1 rings (SSSR count). The first kappa shape index (κ1) is 41.6. The normalized spacial score (nSPS) is 20.0. The molecule has 5 unspecified atom stereocenters. The Labute approximate surface area is 255 Å². The maximum Gasteiger partial charge on any atom is 0.495 e. The number of carbonyl (C=O) groups excluding carboxylic acids is 1. The zero-order valence-electron chi connectivity index (χ0n) is 24.5. The smallest absolute Gasteiger partial charge is 0.396 e. The third-order valence-electron chi connectivity index (χ3n) is 5.76. The Balaban J connectivity index is 2.18. The van der Waals surface area contributed by atoms with E-state index in [1.54, 1.807) is 0 Å². The van der Waals surface area contributed by atoms with Crippen LogP contribution in [0.4, 0.5) is 26.3 Å². The number of aliphatic hydroxyl groups is 4. The Kier molecular flexibility index (Phi) is 19.8. The van der Waals surface area contributed by atoms with E-state index in [0.717, 1.165) is 0 Å². The molecule has 1 amide bonds. The molecule has 1 aliphatic rings. The van der Waals surface area contributed by atoms with Crippen molar-refractivity contribution in [2.75, 3.05) is 79.3 Å². The first-order valence-corrected chi connectivity index (χ1v) is 14.0. The number of hydrogen-bond acceptors (Lipinski definition) is 13. The lowest BCUT2D eigenvalue weighted by Gasteiger charge is -2.26. The van der Waals surface area contributed by atoms with Gasteiger partial charge in [0.15, 0.2) is 0 Å². The highest BCUT2D eigenvalue weighted by molar-refractivity contribution is 5.76. The molecule has 45 heavy (non-hydrogen) atoms. The number of primary amides is 1. The number of rotatable bonds is 28. The largest absolute Gasteiger partial charge is 0.495 e. The zero-order chi connectivity index (χ0) is 33.9. The fourth-order valence-corrected chi connectivity index (χ4v) is 3.74. The van der Waals surface area contributed by atoms with Gasteiger partial charge in [0.25, 0.3) is 0 Å². The zero-order valence-corrected chi connectivity index (χ0v) is 24.5. The molecule has 0 spiro atoms. The van der Waals surface area contributed by atoms with Crippen LogP contribution in [0, 0.1) is 5.92 Å². The molecule has 1 saturated carbocycles. The SMILES string of the molecule is NC(=O)C1CCC(OCC(O)COCCOCC(F)(F)OC(F)(F)OC(F)(F)COCC(O)COCC(O)COCCCO)C1. The highest BCUT2D eigenvalue weighted by Gasteiger charge is 2.52. The van der Waals surface area contributed by atoms with E-state index in [4.69, 9.17) is 29.8 Å². The minimum atomic E-state index is -5.48. The van der Waals surface area contributed by atoms with Gasteiger partial charge in [0.1, 0.15) is 31.5 Å². The number of ether oxygens (including phenoxy) is 8. The fourth-order valence-electron chi connectivity index (χ4n) is 3.74. The highest BCUT2D eigenvalue weighted by Crippen LogP contribution is 2.33. The van der Waals surface area contributed by atoms with E-state index >= 15 is 0 Å². The van der Waals surface area contributed by atoms with E-state index in [0.29, 0.717) is 25.7 Å². The van der Waals surface area contributed by atoms with Crippen molar-refractivity contribution >= 4 is 5.91 Å². The van der Waals surface area contributed by atoms with E-state index in [9.17, 15) is 46.5 Å². The molecule has 1 fully saturated rings. The van der Waals surface area contributed by atoms with Crippen LogP contribution in [-0.4, -0.2) is 149 Å². The monoisotopic (exact) mass is 679 g/mol. The summed E-state index contributed by atoms with van der Waals surface area (Å²) in [5.74, 6) is -0.718. The summed E-state index contributed by atoms with van der Waals surface area (Å²) in [6.07, 6.45) is -17.0. The van der Waals surface area contributed by atoms with Crippen LogP contribution in [0.25, 0.3) is 0 Å². The maximum atomic E-state index is 13.7. The predicted molar refractivity (Wildman–Crippen MR) is 137 cm³/mol. The average molecular weight is 680 g/mol. The Hall–Kier alpha value is -1.43. The molecule has 0 bridgehead atoms. The molecular formula is C25H43F6NO13. The first-order chi connectivity index (χ1) is 21.0. The number of nitrogens with two attached hydrogens (primary N) is 1. The molecule has 5 atom stereocenters. The summed E-state index contributed by atoms with van der Waals surface area (Å²) in [5, 5.41) is 37.7. The van der Waals surface area contributed by atoms with E-state index < -0.39 is 75.8 Å². The summed E-state index contributed by atoms with van der Waals surface area (Å²) in [6, 6.07) is 0. The number of carbonyl (C=O) groups is 1. The van der Waals surface area contributed by atoms with Gasteiger partial charge in [0.05, 0.1) is 59.0 Å². The molecule has 14 nitrogen and oxygen atoms in total. The molecule has 6 N–H and O–H groups in total. The number of halogens is 6. The van der Waals surface area contributed by atoms with Crippen molar-refractivity contribution < 1.29 is 89.5 Å². The molecular weight excluding hydrogens is 636 g/mol. The van der Waals surface area contributed by atoms with Gasteiger partial charge in [-0.05, 0) is 25.7 Å². The predicted octanol–water partition coefficient (Wildman–Crippen LogP) is -0.0258. The standard InChI is InChI=1S/C25H43F6NO13/c26-23(27,15-40-7-6-39-10-20(36)14-43-21-3-2-17(8-21)22(32)37)44-25(30,31)45-24(28,29)16-42-13-19(35)12-41-11-18(34)9-38-5-1-4-33/h17-21,33-36H,1-16H2,(H2,32,37). The lowest BCUT2D eigenvalue weighted by atomic mass is 10.1. The summed E-state index contributed by atoms with van der Waals surface area (Å²) in [5.41, 5.74) is 5.23. The Morgan fingerprint density at radius 2 is 1.20 bits per heavy atom. The molecule has 0 saturated heterocycles. The van der Waals surface area contributed by atoms with Gasteiger partial charge < -0.3 is 54.6 Å². The molecule has 0 radical (unpaired) electrons. The van der Waals surface area contributed by atoms with Gasteiger partial charge in [-0.15, -0.1) is 8.78 Å². The van der Waals surface area contributed by atoms with Crippen molar-refractivity contribution in [3.8, 4) is 0 Å². The summed E-state index contributed by atoms with van der Waals surface area (Å²) in [7, 11) is 0. The van der Waals surface area contributed by atoms with Crippen molar-refractivity contribution in [3.05, 3.63) is 0 Å². The molecule has 0 aliphatic heterocycles. The van der Waals surface area contributed by atoms with Crippen LogP contribution in [0.3, 0.4) is 0 Å². The lowest BCUT2D eigenvalue weighted by molar-refractivity contribution is -0.518. The summed E-state index contributed by atoms with van der Waals surface area (Å²) < 4.78 is 117. The molecule has 20 heteroatoms. The van der Waals surface area contributed by atoms with Crippen molar-refractivity contribution in [2.45, 2.75) is 68.6 Å². The minimum Gasteiger partial charge on any atom is -0.396 e. The van der Waals surface area contributed by atoms with Crippen LogP contribution in [-0.2, 0) is 42.7 Å². The molecule has 0 heterocycles. The van der Waals surface area contributed by atoms with E-state index in [2.05, 4.69) is 18.9 Å². The third kappa shape index (κ3) is 21.1. The Morgan fingerprint density at radius 1 is 0.711 bits per heavy atom. The molecule has 0 aromatic carbocycles. The average Bonchev–Trinajstić information content (AvgIpc) is 3.40. The minimum absolute atomic E-state index is 0.0949. The van der Waals surface area contributed by atoms with Crippen LogP contribution in [0.15, 0.2) is 0 Å². The van der Waals surface area contributed by atoms with Crippen LogP contribution >= 0.6 is 0 Å². The quantitative estimate of drug-likeness (QED) is 0.0421. The van der Waals surface area contributed by atoms with Crippen LogP contribution in [0.1, 0.15) is 25.7 Å². The Bertz CT molecular complexity index is 805. The van der Waals surface area contributed by atoms with Crippen molar-refractivity contribution in [1.29, 1.82) is 0 Å². The van der Waals surface area contributed by atoms with Gasteiger partial charge in [-0.2, -0.15) is 17.6 Å². The number of hydrogen-bond donors (Lipinski definition) is 5. The van der Waals surface area contributed by atoms with E-state index in [1.807, 2.05) is 0 Å². The second-order valence-corrected chi connectivity index (χ2v) is 10.1. The molecule has 0 aromatic heterocycles. The number of alkyl halides is 6. The highest BCUT2D eigenvalue weighted by atomic mass is 19.3. The van der Waals surface area contributed by atoms with Crippen molar-refractivity contribution in [1.82, 2.24) is 0 Å². The van der Waals surface area contributed by atoms with Gasteiger partial charge in [-0.25, -0.2) is 9.47 Å². The second-order valence-electron chi connectivity index (χ2n) is 10.1. The first-order valence-electron chi connectivity index (χ1n) is 14.0. The van der Waals surface area contributed by atoms with Crippen molar-refractivity contribution in [3.63, 3.8) is 0 Å². The Morgan fingerprint density at radius 3 is 1.76 bits per heavy atom. The van der Waals surface area contributed by atoms with Gasteiger partial charge in [-0.3, -0.25) is 4.79 Å². The van der Waals surface area contributed by atoms with Crippen molar-refractivity contribution in [2.24, 2.45) is 11.7 Å². The lowest BCUT2D eigenvalue weighted by Crippen LogP contribution is -2.44. The third-order valence-corrected chi connectivity index (χ3v) is 5.76. The fraction of sp³-hybridized carbons (Fsp3) is 0.960. The van der Waals surface area contributed by atoms with Crippen LogP contribution in [0.5, 0.6) is 0 Å². The molecule has 268 valence electrons. The van der Waals surface area contributed by atoms with Crippen LogP contribution in [0.2, 0.25) is 0 Å². The number of amides is 1. The van der Waals surface area contributed by atoms with Crippen LogP contribution < -0.4 is 5.73 Å². The van der Waals surface area contributed by atoms with Gasteiger partial charge in [0.2, 0.25) is 5.91 Å². The summed E-state index contributed by atoms with van der Waals surface area (Å²) in [4.78, 5) is 11.2. The number of aliphatic hydroxyl groups excluding tert-OH is 4. The summed E-state index contributed by atoms with van der Waals surface area (Å²) in [6.45, 7) is -6.62. The maximum absolute atomic E-state index is 13.7. The van der Waals surface area contributed by atoms with Gasteiger partial charge in [-0.1, -0.05) is 0 Å². The van der Waals surface area contributed by atoms with Gasteiger partial charge >= 0.3 is 18.5 Å². The molecule has 0 aromatic rings. The topological polar surface area (TPSA) is 198 Å². The van der Waals surface area contributed by atoms with E-state index in [-0.39, 0.29) is 58.3 Å². The second kappa shape index (κ2) is 21.4. The van der Waals surface area contributed by atoms with E-state index in [1.165, 1.54) is 0 Å². The molecule has 1 aliphatic carbocycles. The summed E-state index contributed by atoms with van der Waals surface area (Å²) >= 11 is 0.